The average Bonchev–Trinajstić information content (AvgIpc) is 3.07. The first-order valence-electron chi connectivity index (χ1n) is 8.92. The summed E-state index contributed by atoms with van der Waals surface area (Å²) >= 11 is 0. The molecule has 146 valence electrons. The van der Waals surface area contributed by atoms with Crippen LogP contribution >= 0.6 is 21.6 Å². The summed E-state index contributed by atoms with van der Waals surface area (Å²) in [6.07, 6.45) is 7.45. The summed E-state index contributed by atoms with van der Waals surface area (Å²) in [5.41, 5.74) is 1.43. The van der Waals surface area contributed by atoms with E-state index in [9.17, 15) is 19.8 Å². The normalized spacial score (nSPS) is 45.2. The van der Waals surface area contributed by atoms with E-state index in [1.54, 1.807) is 9.80 Å². The number of hydrogen-bond donors (Lipinski definition) is 2. The highest BCUT2D eigenvalue weighted by molar-refractivity contribution is 8.78. The largest absolute Gasteiger partial charge is 0.473 e. The minimum absolute atomic E-state index is 0.219. The summed E-state index contributed by atoms with van der Waals surface area (Å²) < 4.78 is 10.6. The lowest BCUT2D eigenvalue weighted by molar-refractivity contribution is -0.168. The van der Waals surface area contributed by atoms with Crippen LogP contribution in [-0.4, -0.2) is 65.9 Å². The second kappa shape index (κ2) is 5.38. The molecule has 2 N–H and O–H groups in total. The molecule has 0 aromatic heterocycles. The molecule has 0 aromatic carbocycles. The van der Waals surface area contributed by atoms with Crippen molar-refractivity contribution in [2.75, 3.05) is 0 Å². The van der Waals surface area contributed by atoms with Crippen LogP contribution < -0.4 is 0 Å². The van der Waals surface area contributed by atoms with Crippen molar-refractivity contribution in [1.82, 2.24) is 9.80 Å². The molecular weight excluding hydrogens is 404 g/mol. The molecule has 0 aromatic rings. The minimum Gasteiger partial charge on any atom is -0.473 e. The van der Waals surface area contributed by atoms with Crippen LogP contribution in [0.1, 0.15) is 12.8 Å². The average molecular weight is 420 g/mol. The van der Waals surface area contributed by atoms with Gasteiger partial charge in [0.25, 0.3) is 11.8 Å². The molecular formula is C18H16N2O6S2. The predicted octanol–water partition coefficient (Wildman–Crippen LogP) is 0.567. The van der Waals surface area contributed by atoms with Gasteiger partial charge in [0.2, 0.25) is 0 Å². The maximum Gasteiger partial charge on any atom is 0.262 e. The number of aliphatic hydroxyl groups is 2. The second-order valence-electron chi connectivity index (χ2n) is 7.62. The molecule has 7 aliphatic heterocycles. The zero-order valence-electron chi connectivity index (χ0n) is 14.4. The molecule has 2 spiro atoms. The van der Waals surface area contributed by atoms with E-state index in [2.05, 4.69) is 0 Å². The standard InChI is InChI=1S/C18H16N2O6S2/c21-11-1-3-25-7-9-5-17-16(24)20-14-10(8-26-4-2-12(14)22)6-18(20,28-27-17)15(23)19(17)13(9)11/h1-4,7-8,11-14,21-22H,5-6H2/t11-,12-,13-,14-,17+,18+/m0/s1. The van der Waals surface area contributed by atoms with Gasteiger partial charge in [-0.05, 0) is 23.3 Å². The van der Waals surface area contributed by atoms with Crippen LogP contribution in [0.4, 0.5) is 0 Å². The van der Waals surface area contributed by atoms with Crippen LogP contribution in [0, 0.1) is 0 Å². The van der Waals surface area contributed by atoms with Crippen LogP contribution in [0.15, 0.2) is 48.3 Å². The molecule has 0 radical (unpaired) electrons. The van der Waals surface area contributed by atoms with E-state index in [4.69, 9.17) is 9.47 Å². The van der Waals surface area contributed by atoms with Crippen molar-refractivity contribution < 1.29 is 29.3 Å². The Morgan fingerprint density at radius 1 is 0.857 bits per heavy atom. The molecule has 0 unspecified atom stereocenters. The van der Waals surface area contributed by atoms with E-state index >= 15 is 0 Å². The Labute approximate surface area is 167 Å². The maximum atomic E-state index is 13.8. The summed E-state index contributed by atoms with van der Waals surface area (Å²) in [4.78, 5) is 28.4. The highest BCUT2D eigenvalue weighted by Crippen LogP contribution is 2.69. The van der Waals surface area contributed by atoms with Gasteiger partial charge in [0, 0.05) is 12.8 Å². The Kier molecular flexibility index (Phi) is 3.27. The fraction of sp³-hybridized carbons (Fsp3) is 0.444. The Balaban J connectivity index is 1.52. The van der Waals surface area contributed by atoms with Crippen molar-refractivity contribution >= 4 is 33.4 Å². The van der Waals surface area contributed by atoms with Crippen LogP contribution in [-0.2, 0) is 19.1 Å². The molecule has 0 aliphatic carbocycles. The Bertz CT molecular complexity index is 857. The SMILES string of the molecule is O=C1N2[C@H]3C(=COC=C[C@@H]3O)C[C@]23SS[C@]12CC1=COC=C[C@H](O)[C@H]1N2C3=O. The molecule has 10 heteroatoms. The number of nitrogens with zero attached hydrogens (tertiary/aromatic N) is 2. The Morgan fingerprint density at radius 2 is 1.29 bits per heavy atom. The predicted molar refractivity (Wildman–Crippen MR) is 99.8 cm³/mol. The van der Waals surface area contributed by atoms with Crippen molar-refractivity contribution in [3.05, 3.63) is 48.3 Å². The fourth-order valence-electron chi connectivity index (χ4n) is 5.06. The van der Waals surface area contributed by atoms with Crippen LogP contribution in [0.5, 0.6) is 0 Å². The summed E-state index contributed by atoms with van der Waals surface area (Å²) in [5, 5.41) is 21.3. The smallest absolute Gasteiger partial charge is 0.262 e. The summed E-state index contributed by atoms with van der Waals surface area (Å²) in [6.45, 7) is 0. The first kappa shape index (κ1) is 17.0. The number of aliphatic hydroxyl groups excluding tert-OH is 2. The number of carbonyl (C=O) groups is 2. The van der Waals surface area contributed by atoms with Crippen LogP contribution in [0.2, 0.25) is 0 Å². The summed E-state index contributed by atoms with van der Waals surface area (Å²) in [5.74, 6) is -0.437. The fourth-order valence-corrected chi connectivity index (χ4v) is 8.77. The van der Waals surface area contributed by atoms with Crippen molar-refractivity contribution in [3.63, 3.8) is 0 Å². The molecule has 7 heterocycles. The maximum absolute atomic E-state index is 13.8. The first-order valence-corrected chi connectivity index (χ1v) is 11.1. The van der Waals surface area contributed by atoms with Gasteiger partial charge in [0.05, 0.1) is 49.3 Å². The van der Waals surface area contributed by atoms with E-state index in [1.807, 2.05) is 0 Å². The number of amides is 2. The number of fused-ring (bicyclic) bond motifs is 3. The van der Waals surface area contributed by atoms with Gasteiger partial charge in [-0.2, -0.15) is 0 Å². The number of hydrogen-bond acceptors (Lipinski definition) is 8. The van der Waals surface area contributed by atoms with Gasteiger partial charge in [0.1, 0.15) is 0 Å². The topological polar surface area (TPSA) is 99.5 Å². The Hall–Kier alpha value is -1.88. The van der Waals surface area contributed by atoms with E-state index in [0.717, 1.165) is 0 Å². The molecule has 28 heavy (non-hydrogen) atoms. The molecule has 6 atom stereocenters. The highest BCUT2D eigenvalue weighted by atomic mass is 33.1. The van der Waals surface area contributed by atoms with E-state index in [-0.39, 0.29) is 24.7 Å². The number of rotatable bonds is 0. The number of carbonyl (C=O) groups excluding carboxylic acids is 2. The van der Waals surface area contributed by atoms with Gasteiger partial charge in [-0.25, -0.2) is 0 Å². The van der Waals surface area contributed by atoms with Gasteiger partial charge < -0.3 is 29.5 Å². The minimum atomic E-state index is -1.15. The van der Waals surface area contributed by atoms with Crippen molar-refractivity contribution in [2.45, 2.75) is 46.9 Å². The van der Waals surface area contributed by atoms with Gasteiger partial charge in [-0.1, -0.05) is 21.6 Å². The zero-order valence-corrected chi connectivity index (χ0v) is 16.1. The molecule has 8 nitrogen and oxygen atoms in total. The zero-order chi connectivity index (χ0) is 19.3. The van der Waals surface area contributed by atoms with E-state index in [1.165, 1.54) is 58.8 Å². The molecule has 5 saturated heterocycles. The highest BCUT2D eigenvalue weighted by Gasteiger charge is 2.77. The third-order valence-electron chi connectivity index (χ3n) is 6.20. The lowest BCUT2D eigenvalue weighted by Gasteiger charge is -2.58. The molecule has 7 aliphatic rings. The van der Waals surface area contributed by atoms with Crippen LogP contribution in [0.25, 0.3) is 0 Å². The van der Waals surface area contributed by atoms with Gasteiger partial charge >= 0.3 is 0 Å². The van der Waals surface area contributed by atoms with Crippen molar-refractivity contribution in [3.8, 4) is 0 Å². The van der Waals surface area contributed by atoms with E-state index < -0.39 is 34.0 Å². The summed E-state index contributed by atoms with van der Waals surface area (Å²) in [7, 11) is 2.74. The second-order valence-corrected chi connectivity index (χ2v) is 10.3. The number of piperazine rings is 1. The monoisotopic (exact) mass is 420 g/mol. The first-order chi connectivity index (χ1) is 13.5. The Morgan fingerprint density at radius 3 is 1.71 bits per heavy atom. The van der Waals surface area contributed by atoms with Gasteiger partial charge in [-0.15, -0.1) is 0 Å². The van der Waals surface area contributed by atoms with Crippen LogP contribution in [0.3, 0.4) is 0 Å². The quantitative estimate of drug-likeness (QED) is 0.549. The molecule has 2 bridgehead atoms. The van der Waals surface area contributed by atoms with Crippen molar-refractivity contribution in [1.29, 1.82) is 0 Å². The van der Waals surface area contributed by atoms with Gasteiger partial charge in [0.15, 0.2) is 9.74 Å². The summed E-state index contributed by atoms with van der Waals surface area (Å²) in [6, 6.07) is -1.27. The number of ether oxygens (including phenoxy) is 2. The molecule has 5 fully saturated rings. The lowest BCUT2D eigenvalue weighted by atomic mass is 10.0. The third-order valence-corrected chi connectivity index (χ3v) is 9.77. The van der Waals surface area contributed by atoms with Gasteiger partial charge in [-0.3, -0.25) is 9.59 Å². The van der Waals surface area contributed by atoms with Crippen molar-refractivity contribution in [2.24, 2.45) is 0 Å². The molecule has 2 amide bonds. The third kappa shape index (κ3) is 1.78. The molecule has 7 rings (SSSR count). The molecule has 0 saturated carbocycles. The lowest BCUT2D eigenvalue weighted by Crippen LogP contribution is -2.77. The van der Waals surface area contributed by atoms with E-state index in [0.29, 0.717) is 11.1 Å².